The van der Waals surface area contributed by atoms with Gasteiger partial charge < -0.3 is 0 Å². The van der Waals surface area contributed by atoms with Crippen LogP contribution in [-0.4, -0.2) is 23.4 Å². The fraction of sp³-hybridized carbons (Fsp3) is 0.308. The third kappa shape index (κ3) is 5.72. The molecule has 33 heavy (non-hydrogen) atoms. The Labute approximate surface area is 197 Å². The van der Waals surface area contributed by atoms with E-state index in [1.165, 1.54) is 18.2 Å². The minimum Gasteiger partial charge on any atom is -0.219 e. The van der Waals surface area contributed by atoms with Crippen LogP contribution in [0.3, 0.4) is 0 Å². The molecule has 176 valence electrons. The maximum absolute atomic E-state index is 13.5. The molecular formula is C26H31NO4S2. The van der Waals surface area contributed by atoms with E-state index in [-0.39, 0.29) is 33.1 Å². The summed E-state index contributed by atoms with van der Waals surface area (Å²) < 4.78 is 56.3. The van der Waals surface area contributed by atoms with Crippen molar-refractivity contribution in [3.8, 4) is 0 Å². The van der Waals surface area contributed by atoms with E-state index in [0.29, 0.717) is 17.5 Å². The van der Waals surface area contributed by atoms with E-state index < -0.39 is 19.9 Å². The van der Waals surface area contributed by atoms with Crippen LogP contribution in [0.2, 0.25) is 0 Å². The minimum absolute atomic E-state index is 0.0180. The Morgan fingerprint density at radius 2 is 1.21 bits per heavy atom. The molecule has 7 heteroatoms. The quantitative estimate of drug-likeness (QED) is 0.447. The number of sulfonamides is 1. The van der Waals surface area contributed by atoms with Crippen molar-refractivity contribution in [1.29, 1.82) is 0 Å². The summed E-state index contributed by atoms with van der Waals surface area (Å²) in [5, 5.41) is 0. The topological polar surface area (TPSA) is 80.3 Å². The van der Waals surface area contributed by atoms with Gasteiger partial charge in [0.1, 0.15) is 0 Å². The van der Waals surface area contributed by atoms with Crippen molar-refractivity contribution >= 4 is 19.9 Å². The molecular weight excluding hydrogens is 454 g/mol. The number of rotatable bonds is 9. The third-order valence-corrected chi connectivity index (χ3v) is 8.91. The fourth-order valence-corrected chi connectivity index (χ4v) is 6.87. The van der Waals surface area contributed by atoms with Gasteiger partial charge in [-0.3, -0.25) is 0 Å². The Kier molecular flexibility index (Phi) is 7.77. The molecule has 0 radical (unpaired) electrons. The highest BCUT2D eigenvalue weighted by Gasteiger charge is 2.29. The van der Waals surface area contributed by atoms with Gasteiger partial charge in [0, 0.05) is 6.54 Å². The van der Waals surface area contributed by atoms with Gasteiger partial charge >= 0.3 is 0 Å². The molecule has 3 aromatic carbocycles. The van der Waals surface area contributed by atoms with E-state index in [1.807, 2.05) is 58.0 Å². The lowest BCUT2D eigenvalue weighted by Gasteiger charge is -2.21. The summed E-state index contributed by atoms with van der Waals surface area (Å²) in [7, 11) is -7.82. The fourth-order valence-electron chi connectivity index (χ4n) is 3.74. The second kappa shape index (κ2) is 10.2. The minimum atomic E-state index is -3.93. The molecule has 0 aliphatic rings. The summed E-state index contributed by atoms with van der Waals surface area (Å²) in [5.41, 5.74) is 2.25. The highest BCUT2D eigenvalue weighted by atomic mass is 32.2. The molecule has 0 fully saturated rings. The van der Waals surface area contributed by atoms with Crippen LogP contribution in [0, 0.1) is 0 Å². The van der Waals surface area contributed by atoms with Crippen LogP contribution < -0.4 is 4.72 Å². The molecule has 0 aliphatic carbocycles. The average Bonchev–Trinajstić information content (AvgIpc) is 2.79. The van der Waals surface area contributed by atoms with Gasteiger partial charge in [-0.2, -0.15) is 0 Å². The molecule has 0 spiro atoms. The van der Waals surface area contributed by atoms with Crippen LogP contribution >= 0.6 is 0 Å². The van der Waals surface area contributed by atoms with E-state index in [1.54, 1.807) is 24.3 Å². The second-order valence-electron chi connectivity index (χ2n) is 8.69. The van der Waals surface area contributed by atoms with Crippen molar-refractivity contribution in [2.45, 2.75) is 60.6 Å². The molecule has 0 heterocycles. The van der Waals surface area contributed by atoms with Crippen molar-refractivity contribution < 1.29 is 16.8 Å². The number of nitrogens with one attached hydrogen (secondary N) is 1. The molecule has 0 aliphatic heterocycles. The summed E-state index contributed by atoms with van der Waals surface area (Å²) >= 11 is 0. The van der Waals surface area contributed by atoms with Crippen LogP contribution in [0.4, 0.5) is 0 Å². The number of hydrogen-bond donors (Lipinski definition) is 1. The number of hydrogen-bond acceptors (Lipinski definition) is 4. The molecule has 0 bridgehead atoms. The van der Waals surface area contributed by atoms with Gasteiger partial charge in [-0.25, -0.2) is 21.6 Å². The summed E-state index contributed by atoms with van der Waals surface area (Å²) in [6, 6.07) is 20.8. The van der Waals surface area contributed by atoms with Crippen molar-refractivity contribution in [3.63, 3.8) is 0 Å². The standard InChI is InChI=1S/C26H31NO4S2/c1-19(2)23-17-24(20(3)4)26(18-25(23)32(28,29)22-13-9-6-10-14-22)33(30,31)27-16-15-21-11-7-5-8-12-21/h5-14,17-20,27H,15-16H2,1-4H3. The second-order valence-corrected chi connectivity index (χ2v) is 12.3. The first-order valence-electron chi connectivity index (χ1n) is 11.1. The van der Waals surface area contributed by atoms with Crippen LogP contribution in [-0.2, 0) is 26.3 Å². The lowest BCUT2D eigenvalue weighted by atomic mass is 9.95. The van der Waals surface area contributed by atoms with Crippen LogP contribution in [0.15, 0.2) is 87.5 Å². The highest BCUT2D eigenvalue weighted by molar-refractivity contribution is 7.91. The Hall–Kier alpha value is -2.48. The largest absolute Gasteiger partial charge is 0.240 e. The maximum Gasteiger partial charge on any atom is 0.240 e. The van der Waals surface area contributed by atoms with Crippen molar-refractivity contribution in [2.75, 3.05) is 6.54 Å². The Morgan fingerprint density at radius 3 is 1.76 bits per heavy atom. The van der Waals surface area contributed by atoms with E-state index in [2.05, 4.69) is 4.72 Å². The summed E-state index contributed by atoms with van der Waals surface area (Å²) in [6.07, 6.45) is 0.538. The first-order chi connectivity index (χ1) is 15.5. The lowest BCUT2D eigenvalue weighted by Crippen LogP contribution is -2.27. The SMILES string of the molecule is CC(C)c1cc(C(C)C)c(S(=O)(=O)c2ccccc2)cc1S(=O)(=O)NCCc1ccccc1. The van der Waals surface area contributed by atoms with Gasteiger partial charge in [0.05, 0.1) is 14.7 Å². The molecule has 0 aromatic heterocycles. The summed E-state index contributed by atoms with van der Waals surface area (Å²) in [4.78, 5) is 0.200. The van der Waals surface area contributed by atoms with Gasteiger partial charge in [0.15, 0.2) is 0 Å². The van der Waals surface area contributed by atoms with Crippen molar-refractivity contribution in [3.05, 3.63) is 89.5 Å². The molecule has 3 rings (SSSR count). The Balaban J connectivity index is 2.09. The molecule has 1 N–H and O–H groups in total. The molecule has 0 unspecified atom stereocenters. The normalized spacial score (nSPS) is 12.4. The van der Waals surface area contributed by atoms with Crippen LogP contribution in [0.1, 0.15) is 56.2 Å². The molecule has 0 saturated carbocycles. The van der Waals surface area contributed by atoms with Gasteiger partial charge in [0.2, 0.25) is 19.9 Å². The van der Waals surface area contributed by atoms with E-state index in [0.717, 1.165) is 5.56 Å². The number of benzene rings is 3. The Bertz CT molecular complexity index is 1300. The van der Waals surface area contributed by atoms with E-state index in [4.69, 9.17) is 0 Å². The summed E-state index contributed by atoms with van der Waals surface area (Å²) in [6.45, 7) is 7.86. The zero-order valence-electron chi connectivity index (χ0n) is 19.4. The molecule has 5 nitrogen and oxygen atoms in total. The average molecular weight is 486 g/mol. The van der Waals surface area contributed by atoms with Crippen molar-refractivity contribution in [2.24, 2.45) is 0 Å². The molecule has 0 atom stereocenters. The third-order valence-electron chi connectivity index (χ3n) is 5.57. The predicted octanol–water partition coefficient (Wildman–Crippen LogP) is 5.29. The Morgan fingerprint density at radius 1 is 0.697 bits per heavy atom. The monoisotopic (exact) mass is 485 g/mol. The van der Waals surface area contributed by atoms with Gasteiger partial charge in [-0.15, -0.1) is 0 Å². The predicted molar refractivity (Wildman–Crippen MR) is 132 cm³/mol. The van der Waals surface area contributed by atoms with Crippen molar-refractivity contribution in [1.82, 2.24) is 4.72 Å². The smallest absolute Gasteiger partial charge is 0.219 e. The summed E-state index contributed by atoms with van der Waals surface area (Å²) in [5.74, 6) is -0.199. The highest BCUT2D eigenvalue weighted by Crippen LogP contribution is 2.35. The number of sulfone groups is 1. The van der Waals surface area contributed by atoms with Crippen LogP contribution in [0.5, 0.6) is 0 Å². The maximum atomic E-state index is 13.5. The first kappa shape index (κ1) is 25.1. The zero-order chi connectivity index (χ0) is 24.2. The molecule has 0 amide bonds. The lowest BCUT2D eigenvalue weighted by molar-refractivity contribution is 0.578. The van der Waals surface area contributed by atoms with Crippen LogP contribution in [0.25, 0.3) is 0 Å². The van der Waals surface area contributed by atoms with Gasteiger partial charge in [0.25, 0.3) is 0 Å². The first-order valence-corrected chi connectivity index (χ1v) is 14.0. The van der Waals surface area contributed by atoms with Gasteiger partial charge in [-0.1, -0.05) is 82.3 Å². The van der Waals surface area contributed by atoms with E-state index >= 15 is 0 Å². The molecule has 3 aromatic rings. The molecule has 0 saturated heterocycles. The van der Waals surface area contributed by atoms with E-state index in [9.17, 15) is 16.8 Å². The van der Waals surface area contributed by atoms with Gasteiger partial charge in [-0.05, 0) is 53.1 Å². The zero-order valence-corrected chi connectivity index (χ0v) is 21.1.